The van der Waals surface area contributed by atoms with Crippen LogP contribution in [0.25, 0.3) is 0 Å². The quantitative estimate of drug-likeness (QED) is 0.698. The highest BCUT2D eigenvalue weighted by Gasteiger charge is 2.23. The largest absolute Gasteiger partial charge is 0.391 e. The number of nitrogens with one attached hydrogen (secondary N) is 2. The van der Waals surface area contributed by atoms with Crippen LogP contribution in [0.1, 0.15) is 11.1 Å². The van der Waals surface area contributed by atoms with Gasteiger partial charge < -0.3 is 15.7 Å². The van der Waals surface area contributed by atoms with E-state index >= 15 is 0 Å². The molecule has 0 saturated carbocycles. The van der Waals surface area contributed by atoms with E-state index in [1.165, 1.54) is 11.1 Å². The fraction of sp³-hybridized carbons (Fsp3) is 0.538. The third-order valence-corrected chi connectivity index (χ3v) is 3.16. The first-order valence-electron chi connectivity index (χ1n) is 5.91. The molecule has 0 radical (unpaired) electrons. The van der Waals surface area contributed by atoms with Crippen molar-refractivity contribution in [2.45, 2.75) is 19.6 Å². The summed E-state index contributed by atoms with van der Waals surface area (Å²) in [4.78, 5) is 0. The Morgan fingerprint density at radius 1 is 1.31 bits per heavy atom. The summed E-state index contributed by atoms with van der Waals surface area (Å²) in [5.41, 5.74) is 2.59. The number of aliphatic hydroxyl groups excluding tert-OH is 1. The van der Waals surface area contributed by atoms with Crippen LogP contribution in [-0.2, 0) is 6.54 Å². The van der Waals surface area contributed by atoms with Crippen LogP contribution < -0.4 is 10.6 Å². The molecular weight excluding hydrogens is 200 g/mol. The zero-order chi connectivity index (χ0) is 11.4. The molecular formula is C13H20N2O. The van der Waals surface area contributed by atoms with Gasteiger partial charge in [0.2, 0.25) is 0 Å². The van der Waals surface area contributed by atoms with Crippen LogP contribution in [0.15, 0.2) is 24.3 Å². The second-order valence-corrected chi connectivity index (χ2v) is 4.60. The minimum atomic E-state index is -0.189. The molecule has 0 aromatic heterocycles. The summed E-state index contributed by atoms with van der Waals surface area (Å²) in [5, 5.41) is 16.2. The average molecular weight is 220 g/mol. The van der Waals surface area contributed by atoms with Gasteiger partial charge in [0.25, 0.3) is 0 Å². The lowest BCUT2D eigenvalue weighted by molar-refractivity contribution is 0.146. The number of β-amino-alcohol motifs (C(OH)–C–C–N with tert-alkyl or cyclic N) is 1. The molecule has 0 spiro atoms. The maximum absolute atomic E-state index is 9.62. The van der Waals surface area contributed by atoms with E-state index in [9.17, 15) is 5.11 Å². The summed E-state index contributed by atoms with van der Waals surface area (Å²) >= 11 is 0. The molecule has 88 valence electrons. The summed E-state index contributed by atoms with van der Waals surface area (Å²) in [6.45, 7) is 5.50. The Kier molecular flexibility index (Phi) is 3.93. The third kappa shape index (κ3) is 3.04. The second kappa shape index (κ2) is 5.43. The van der Waals surface area contributed by atoms with Crippen molar-refractivity contribution in [3.63, 3.8) is 0 Å². The number of hydrogen-bond donors (Lipinski definition) is 3. The smallest absolute Gasteiger partial charge is 0.0716 e. The van der Waals surface area contributed by atoms with Crippen molar-refractivity contribution in [2.24, 2.45) is 5.92 Å². The minimum absolute atomic E-state index is 0.189. The van der Waals surface area contributed by atoms with Crippen molar-refractivity contribution in [3.05, 3.63) is 35.4 Å². The molecule has 1 aliphatic rings. The molecule has 1 aromatic rings. The summed E-state index contributed by atoms with van der Waals surface area (Å²) in [5.74, 6) is 0.352. The molecule has 0 bridgehead atoms. The molecule has 0 amide bonds. The van der Waals surface area contributed by atoms with Crippen LogP contribution in [0.2, 0.25) is 0 Å². The minimum Gasteiger partial charge on any atom is -0.391 e. The van der Waals surface area contributed by atoms with Crippen molar-refractivity contribution >= 4 is 0 Å². The predicted molar refractivity (Wildman–Crippen MR) is 65.3 cm³/mol. The molecule has 1 aliphatic heterocycles. The Bertz CT molecular complexity index is 323. The number of benzene rings is 1. The molecule has 3 heteroatoms. The molecule has 0 aliphatic carbocycles. The molecule has 3 nitrogen and oxygen atoms in total. The van der Waals surface area contributed by atoms with Crippen molar-refractivity contribution in [2.75, 3.05) is 19.6 Å². The van der Waals surface area contributed by atoms with Crippen LogP contribution in [0.5, 0.6) is 0 Å². The predicted octanol–water partition coefficient (Wildman–Crippen LogP) is 0.665. The lowest BCUT2D eigenvalue weighted by Gasteiger charge is -2.14. The van der Waals surface area contributed by atoms with E-state index in [0.717, 1.165) is 26.2 Å². The van der Waals surface area contributed by atoms with E-state index in [1.807, 2.05) is 0 Å². The SMILES string of the molecule is Cc1ccc(CNCC2CNCC2O)cc1. The maximum Gasteiger partial charge on any atom is 0.0716 e. The molecule has 2 atom stereocenters. The van der Waals surface area contributed by atoms with E-state index < -0.39 is 0 Å². The van der Waals surface area contributed by atoms with Crippen LogP contribution in [-0.4, -0.2) is 30.8 Å². The second-order valence-electron chi connectivity index (χ2n) is 4.60. The third-order valence-electron chi connectivity index (χ3n) is 3.16. The van der Waals surface area contributed by atoms with Crippen molar-refractivity contribution in [1.29, 1.82) is 0 Å². The molecule has 1 aromatic carbocycles. The van der Waals surface area contributed by atoms with Crippen molar-refractivity contribution in [3.8, 4) is 0 Å². The molecule has 2 unspecified atom stereocenters. The van der Waals surface area contributed by atoms with Gasteiger partial charge in [-0.05, 0) is 12.5 Å². The van der Waals surface area contributed by atoms with Gasteiger partial charge >= 0.3 is 0 Å². The molecule has 2 rings (SSSR count). The van der Waals surface area contributed by atoms with E-state index in [2.05, 4.69) is 41.8 Å². The highest BCUT2D eigenvalue weighted by atomic mass is 16.3. The van der Waals surface area contributed by atoms with Gasteiger partial charge in [-0.1, -0.05) is 29.8 Å². The first-order chi connectivity index (χ1) is 7.75. The summed E-state index contributed by atoms with van der Waals surface area (Å²) < 4.78 is 0. The van der Waals surface area contributed by atoms with Gasteiger partial charge in [0.05, 0.1) is 6.10 Å². The number of aliphatic hydroxyl groups is 1. The van der Waals surface area contributed by atoms with Crippen molar-refractivity contribution < 1.29 is 5.11 Å². The first-order valence-corrected chi connectivity index (χ1v) is 5.91. The fourth-order valence-corrected chi connectivity index (χ4v) is 2.04. The van der Waals surface area contributed by atoms with Gasteiger partial charge in [0.1, 0.15) is 0 Å². The molecule has 1 heterocycles. The normalized spacial score (nSPS) is 24.9. The lowest BCUT2D eigenvalue weighted by Crippen LogP contribution is -2.30. The Hall–Kier alpha value is -0.900. The van der Waals surface area contributed by atoms with E-state index in [4.69, 9.17) is 0 Å². The Labute approximate surface area is 96.9 Å². The van der Waals surface area contributed by atoms with Gasteiger partial charge in [-0.15, -0.1) is 0 Å². The Balaban J connectivity index is 1.73. The molecule has 3 N–H and O–H groups in total. The maximum atomic E-state index is 9.62. The standard InChI is InChI=1S/C13H20N2O/c1-10-2-4-11(5-3-10)6-14-7-12-8-15-9-13(12)16/h2-5,12-16H,6-9H2,1H3. The average Bonchev–Trinajstić information content (AvgIpc) is 2.68. The van der Waals surface area contributed by atoms with E-state index in [-0.39, 0.29) is 6.10 Å². The molecule has 1 saturated heterocycles. The lowest BCUT2D eigenvalue weighted by atomic mass is 10.1. The van der Waals surface area contributed by atoms with E-state index in [1.54, 1.807) is 0 Å². The summed E-state index contributed by atoms with van der Waals surface area (Å²) in [6.07, 6.45) is -0.189. The van der Waals surface area contributed by atoms with E-state index in [0.29, 0.717) is 5.92 Å². The monoisotopic (exact) mass is 220 g/mol. The van der Waals surface area contributed by atoms with Crippen LogP contribution in [0.3, 0.4) is 0 Å². The summed E-state index contributed by atoms with van der Waals surface area (Å²) in [7, 11) is 0. The topological polar surface area (TPSA) is 44.3 Å². The van der Waals surface area contributed by atoms with Crippen LogP contribution >= 0.6 is 0 Å². The van der Waals surface area contributed by atoms with Gasteiger partial charge in [0, 0.05) is 32.1 Å². The fourth-order valence-electron chi connectivity index (χ4n) is 2.04. The first kappa shape index (κ1) is 11.6. The number of rotatable bonds is 4. The zero-order valence-electron chi connectivity index (χ0n) is 9.74. The van der Waals surface area contributed by atoms with Crippen molar-refractivity contribution in [1.82, 2.24) is 10.6 Å². The van der Waals surface area contributed by atoms with Gasteiger partial charge in [0.15, 0.2) is 0 Å². The van der Waals surface area contributed by atoms with Gasteiger partial charge in [-0.25, -0.2) is 0 Å². The molecule has 16 heavy (non-hydrogen) atoms. The zero-order valence-corrected chi connectivity index (χ0v) is 9.74. The highest BCUT2D eigenvalue weighted by Crippen LogP contribution is 2.08. The highest BCUT2D eigenvalue weighted by molar-refractivity contribution is 5.21. The molecule has 1 fully saturated rings. The van der Waals surface area contributed by atoms with Gasteiger partial charge in [-0.3, -0.25) is 0 Å². The Morgan fingerprint density at radius 2 is 2.06 bits per heavy atom. The summed E-state index contributed by atoms with van der Waals surface area (Å²) in [6, 6.07) is 8.54. The van der Waals surface area contributed by atoms with Crippen LogP contribution in [0.4, 0.5) is 0 Å². The van der Waals surface area contributed by atoms with Crippen LogP contribution in [0, 0.1) is 12.8 Å². The Morgan fingerprint density at radius 3 is 2.69 bits per heavy atom. The number of aryl methyl sites for hydroxylation is 1. The number of hydrogen-bond acceptors (Lipinski definition) is 3. The van der Waals surface area contributed by atoms with Gasteiger partial charge in [-0.2, -0.15) is 0 Å².